The van der Waals surface area contributed by atoms with Crippen LogP contribution in [0.2, 0.25) is 0 Å². The minimum Gasteiger partial charge on any atom is -0.349 e. The lowest BCUT2D eigenvalue weighted by molar-refractivity contribution is 0.0900. The molecule has 17 heavy (non-hydrogen) atoms. The number of alkyl halides is 1. The average Bonchev–Trinajstić information content (AvgIpc) is 2.62. The monoisotopic (exact) mass is 317 g/mol. The third-order valence-electron chi connectivity index (χ3n) is 2.85. The molecule has 0 radical (unpaired) electrons. The van der Waals surface area contributed by atoms with Gasteiger partial charge in [-0.25, -0.2) is 0 Å². The summed E-state index contributed by atoms with van der Waals surface area (Å²) in [5.41, 5.74) is 1.94. The Morgan fingerprint density at radius 2 is 2.12 bits per heavy atom. The minimum atomic E-state index is 0.0459. The zero-order valence-electron chi connectivity index (χ0n) is 10.8. The Kier molecular flexibility index (Phi) is 5.20. The summed E-state index contributed by atoms with van der Waals surface area (Å²) < 4.78 is 0. The number of nitrogens with one attached hydrogen (secondary N) is 1. The van der Waals surface area contributed by atoms with E-state index < -0.39 is 0 Å². The van der Waals surface area contributed by atoms with Crippen molar-refractivity contribution in [2.45, 2.75) is 40.2 Å². The number of carbonyl (C=O) groups excluding carboxylic acids is 1. The van der Waals surface area contributed by atoms with Gasteiger partial charge < -0.3 is 5.32 Å². The van der Waals surface area contributed by atoms with Crippen LogP contribution in [0, 0.1) is 12.3 Å². The molecule has 0 saturated heterocycles. The molecule has 2 nitrogen and oxygen atoms in total. The van der Waals surface area contributed by atoms with E-state index in [2.05, 4.69) is 42.0 Å². The van der Waals surface area contributed by atoms with Crippen molar-refractivity contribution in [3.8, 4) is 0 Å². The van der Waals surface area contributed by atoms with Gasteiger partial charge in [-0.05, 0) is 29.7 Å². The van der Waals surface area contributed by atoms with Crippen LogP contribution in [-0.4, -0.2) is 17.3 Å². The standard InChI is InChI=1S/C13H20BrNOS/c1-9-7-17-8-10(9)12(16)15-11(5-6-14)13(2,3)4/h7-8,11H,5-6H2,1-4H3,(H,15,16). The van der Waals surface area contributed by atoms with E-state index in [-0.39, 0.29) is 17.4 Å². The fourth-order valence-electron chi connectivity index (χ4n) is 1.66. The molecular formula is C13H20BrNOS. The van der Waals surface area contributed by atoms with Crippen molar-refractivity contribution in [3.63, 3.8) is 0 Å². The fourth-order valence-corrected chi connectivity index (χ4v) is 2.95. The Labute approximate surface area is 116 Å². The molecule has 1 amide bonds. The zero-order valence-corrected chi connectivity index (χ0v) is 13.2. The van der Waals surface area contributed by atoms with E-state index >= 15 is 0 Å². The van der Waals surface area contributed by atoms with Crippen LogP contribution in [0.3, 0.4) is 0 Å². The van der Waals surface area contributed by atoms with Gasteiger partial charge in [-0.3, -0.25) is 4.79 Å². The summed E-state index contributed by atoms with van der Waals surface area (Å²) in [7, 11) is 0. The second kappa shape index (κ2) is 6.01. The van der Waals surface area contributed by atoms with Gasteiger partial charge in [0.25, 0.3) is 5.91 Å². The summed E-state index contributed by atoms with van der Waals surface area (Å²) >= 11 is 5.02. The molecule has 0 bridgehead atoms. The van der Waals surface area contributed by atoms with Crippen molar-refractivity contribution in [3.05, 3.63) is 21.9 Å². The second-order valence-electron chi connectivity index (χ2n) is 5.34. The van der Waals surface area contributed by atoms with Gasteiger partial charge in [-0.2, -0.15) is 11.3 Å². The normalized spacial score (nSPS) is 13.5. The van der Waals surface area contributed by atoms with Gasteiger partial charge in [-0.15, -0.1) is 0 Å². The van der Waals surface area contributed by atoms with E-state index in [0.29, 0.717) is 0 Å². The Morgan fingerprint density at radius 3 is 2.53 bits per heavy atom. The Hall–Kier alpha value is -0.350. The van der Waals surface area contributed by atoms with Crippen LogP contribution in [0.25, 0.3) is 0 Å². The number of hydrogen-bond acceptors (Lipinski definition) is 2. The maximum Gasteiger partial charge on any atom is 0.252 e. The number of aryl methyl sites for hydroxylation is 1. The molecule has 4 heteroatoms. The van der Waals surface area contributed by atoms with E-state index in [1.165, 1.54) is 0 Å². The molecule has 0 aliphatic rings. The van der Waals surface area contributed by atoms with Gasteiger partial charge >= 0.3 is 0 Å². The highest BCUT2D eigenvalue weighted by Gasteiger charge is 2.26. The largest absolute Gasteiger partial charge is 0.349 e. The fraction of sp³-hybridized carbons (Fsp3) is 0.615. The molecule has 0 saturated carbocycles. The summed E-state index contributed by atoms with van der Waals surface area (Å²) in [6.45, 7) is 8.44. The molecule has 1 atom stereocenters. The van der Waals surface area contributed by atoms with Gasteiger partial charge in [-0.1, -0.05) is 36.7 Å². The number of halogens is 1. The summed E-state index contributed by atoms with van der Waals surface area (Å²) in [4.78, 5) is 12.1. The molecule has 1 heterocycles. The van der Waals surface area contributed by atoms with E-state index in [1.807, 2.05) is 17.7 Å². The topological polar surface area (TPSA) is 29.1 Å². The maximum atomic E-state index is 12.1. The molecule has 0 aliphatic heterocycles. The van der Waals surface area contributed by atoms with Crippen LogP contribution in [0.1, 0.15) is 43.1 Å². The third kappa shape index (κ3) is 4.11. The lowest BCUT2D eigenvalue weighted by Crippen LogP contribution is -2.44. The van der Waals surface area contributed by atoms with Crippen molar-refractivity contribution < 1.29 is 4.79 Å². The number of rotatable bonds is 4. The lowest BCUT2D eigenvalue weighted by atomic mass is 9.85. The highest BCUT2D eigenvalue weighted by molar-refractivity contribution is 9.09. The van der Waals surface area contributed by atoms with Crippen LogP contribution in [-0.2, 0) is 0 Å². The summed E-state index contributed by atoms with van der Waals surface area (Å²) in [6.07, 6.45) is 0.943. The summed E-state index contributed by atoms with van der Waals surface area (Å²) in [6, 6.07) is 0.189. The first-order chi connectivity index (χ1) is 7.86. The molecule has 1 unspecified atom stereocenters. The van der Waals surface area contributed by atoms with Gasteiger partial charge in [0.1, 0.15) is 0 Å². The molecule has 1 aromatic heterocycles. The molecule has 0 fully saturated rings. The molecule has 1 aromatic rings. The number of thiophene rings is 1. The Morgan fingerprint density at radius 1 is 1.47 bits per heavy atom. The summed E-state index contributed by atoms with van der Waals surface area (Å²) in [5.74, 6) is 0.0459. The maximum absolute atomic E-state index is 12.1. The number of amides is 1. The lowest BCUT2D eigenvalue weighted by Gasteiger charge is -2.31. The van der Waals surface area contributed by atoms with Crippen LogP contribution in [0.4, 0.5) is 0 Å². The predicted octanol–water partition coefficient (Wildman–Crippen LogP) is 3.99. The van der Waals surface area contributed by atoms with Crippen molar-refractivity contribution in [2.75, 3.05) is 5.33 Å². The highest BCUT2D eigenvalue weighted by atomic mass is 79.9. The first-order valence-corrected chi connectivity index (χ1v) is 7.82. The quantitative estimate of drug-likeness (QED) is 0.836. The van der Waals surface area contributed by atoms with Gasteiger partial charge in [0, 0.05) is 16.8 Å². The first-order valence-electron chi connectivity index (χ1n) is 5.76. The molecule has 1 rings (SSSR count). The van der Waals surface area contributed by atoms with Gasteiger partial charge in [0.05, 0.1) is 5.56 Å². The smallest absolute Gasteiger partial charge is 0.252 e. The highest BCUT2D eigenvalue weighted by Crippen LogP contribution is 2.23. The van der Waals surface area contributed by atoms with Crippen molar-refractivity contribution in [1.29, 1.82) is 0 Å². The molecule has 1 N–H and O–H groups in total. The Bertz CT molecular complexity index is 381. The summed E-state index contributed by atoms with van der Waals surface area (Å²) in [5, 5.41) is 7.96. The SMILES string of the molecule is Cc1cscc1C(=O)NC(CCBr)C(C)(C)C. The molecular weight excluding hydrogens is 298 g/mol. The first kappa shape index (κ1) is 14.7. The molecule has 0 spiro atoms. The van der Waals surface area contributed by atoms with Crippen molar-refractivity contribution in [2.24, 2.45) is 5.41 Å². The van der Waals surface area contributed by atoms with Crippen LogP contribution in [0.5, 0.6) is 0 Å². The van der Waals surface area contributed by atoms with Gasteiger partial charge in [0.2, 0.25) is 0 Å². The van der Waals surface area contributed by atoms with Crippen molar-refractivity contribution >= 4 is 33.2 Å². The van der Waals surface area contributed by atoms with Crippen LogP contribution in [0.15, 0.2) is 10.8 Å². The number of carbonyl (C=O) groups is 1. The van der Waals surface area contributed by atoms with Crippen LogP contribution >= 0.6 is 27.3 Å². The van der Waals surface area contributed by atoms with Gasteiger partial charge in [0.15, 0.2) is 0 Å². The van der Waals surface area contributed by atoms with E-state index in [1.54, 1.807) is 11.3 Å². The second-order valence-corrected chi connectivity index (χ2v) is 6.87. The molecule has 0 aromatic carbocycles. The zero-order chi connectivity index (χ0) is 13.1. The minimum absolute atomic E-state index is 0.0459. The predicted molar refractivity (Wildman–Crippen MR) is 78.2 cm³/mol. The number of hydrogen-bond donors (Lipinski definition) is 1. The van der Waals surface area contributed by atoms with Crippen LogP contribution < -0.4 is 5.32 Å². The average molecular weight is 318 g/mol. The van der Waals surface area contributed by atoms with E-state index in [0.717, 1.165) is 22.9 Å². The van der Waals surface area contributed by atoms with Crippen molar-refractivity contribution in [1.82, 2.24) is 5.32 Å². The van der Waals surface area contributed by atoms with E-state index in [9.17, 15) is 4.79 Å². The van der Waals surface area contributed by atoms with E-state index in [4.69, 9.17) is 0 Å². The molecule has 96 valence electrons. The third-order valence-corrected chi connectivity index (χ3v) is 4.17. The Balaban J connectivity index is 2.75. The molecule has 0 aliphatic carbocycles.